The first-order valence-corrected chi connectivity index (χ1v) is 4.17. The van der Waals surface area contributed by atoms with Gasteiger partial charge in [0.2, 0.25) is 0 Å². The topological polar surface area (TPSA) is 66.9 Å². The molecule has 0 amide bonds. The summed E-state index contributed by atoms with van der Waals surface area (Å²) in [6.45, 7) is 0. The first-order valence-electron chi connectivity index (χ1n) is 4.17. The van der Waals surface area contributed by atoms with Gasteiger partial charge in [-0.1, -0.05) is 12.2 Å². The minimum atomic E-state index is 0.357. The minimum Gasteiger partial charge on any atom is -0.398 e. The lowest BCUT2D eigenvalue weighted by Gasteiger charge is -1.99. The summed E-state index contributed by atoms with van der Waals surface area (Å²) in [5.41, 5.74) is 7.61. The standard InChI is InChI=1S/C11H10N2O/c12-8-9-4-5-11(13)10(7-9)3-1-2-6-14/h1,3-7H,2,13H2. The number of hydrogen-bond donors (Lipinski definition) is 1. The Bertz CT molecular complexity index is 402. The molecule has 0 atom stereocenters. The van der Waals surface area contributed by atoms with Gasteiger partial charge < -0.3 is 10.5 Å². The van der Waals surface area contributed by atoms with E-state index in [-0.39, 0.29) is 0 Å². The normalized spacial score (nSPS) is 9.93. The number of hydrogen-bond acceptors (Lipinski definition) is 3. The number of nitrogens with zero attached hydrogens (tertiary/aromatic N) is 1. The van der Waals surface area contributed by atoms with E-state index in [9.17, 15) is 4.79 Å². The van der Waals surface area contributed by atoms with Gasteiger partial charge in [0.1, 0.15) is 6.29 Å². The first-order chi connectivity index (χ1) is 6.77. The monoisotopic (exact) mass is 186 g/mol. The van der Waals surface area contributed by atoms with E-state index in [0.717, 1.165) is 11.8 Å². The van der Waals surface area contributed by atoms with Crippen LogP contribution in [0.3, 0.4) is 0 Å². The molecule has 0 aliphatic heterocycles. The molecular formula is C11H10N2O. The maximum atomic E-state index is 10.1. The summed E-state index contributed by atoms with van der Waals surface area (Å²) in [4.78, 5) is 10.1. The maximum Gasteiger partial charge on any atom is 0.123 e. The SMILES string of the molecule is N#Cc1ccc(N)c(C=CCC=O)c1. The van der Waals surface area contributed by atoms with Gasteiger partial charge in [0, 0.05) is 12.1 Å². The lowest BCUT2D eigenvalue weighted by atomic mass is 10.1. The maximum absolute atomic E-state index is 10.1. The molecule has 1 aromatic carbocycles. The van der Waals surface area contributed by atoms with Crippen molar-refractivity contribution in [3.05, 3.63) is 35.4 Å². The number of benzene rings is 1. The molecule has 0 fully saturated rings. The van der Waals surface area contributed by atoms with Gasteiger partial charge in [-0.2, -0.15) is 5.26 Å². The number of anilines is 1. The van der Waals surface area contributed by atoms with E-state index >= 15 is 0 Å². The molecule has 3 heteroatoms. The van der Waals surface area contributed by atoms with Crippen molar-refractivity contribution in [2.75, 3.05) is 5.73 Å². The average Bonchev–Trinajstić information content (AvgIpc) is 2.21. The second-order valence-corrected chi connectivity index (χ2v) is 2.76. The molecule has 0 aromatic heterocycles. The van der Waals surface area contributed by atoms with Crippen LogP contribution in [0.4, 0.5) is 5.69 Å². The summed E-state index contributed by atoms with van der Waals surface area (Å²) in [6.07, 6.45) is 4.61. The highest BCUT2D eigenvalue weighted by atomic mass is 16.1. The van der Waals surface area contributed by atoms with E-state index in [1.54, 1.807) is 30.4 Å². The van der Waals surface area contributed by atoms with Gasteiger partial charge in [0.15, 0.2) is 0 Å². The van der Waals surface area contributed by atoms with E-state index in [4.69, 9.17) is 11.0 Å². The molecule has 0 saturated heterocycles. The average molecular weight is 186 g/mol. The van der Waals surface area contributed by atoms with Gasteiger partial charge in [-0.15, -0.1) is 0 Å². The Morgan fingerprint density at radius 2 is 2.29 bits per heavy atom. The zero-order chi connectivity index (χ0) is 10.4. The van der Waals surface area contributed by atoms with Crippen LogP contribution in [0, 0.1) is 11.3 Å². The number of carbonyl (C=O) groups is 1. The van der Waals surface area contributed by atoms with Crippen LogP contribution in [0.2, 0.25) is 0 Å². The molecule has 0 spiro atoms. The highest BCUT2D eigenvalue weighted by Gasteiger charge is 1.96. The molecule has 70 valence electrons. The largest absolute Gasteiger partial charge is 0.398 e. The van der Waals surface area contributed by atoms with Crippen LogP contribution < -0.4 is 5.73 Å². The van der Waals surface area contributed by atoms with Crippen molar-refractivity contribution in [3.8, 4) is 6.07 Å². The van der Waals surface area contributed by atoms with Crippen molar-refractivity contribution in [3.63, 3.8) is 0 Å². The van der Waals surface area contributed by atoms with Gasteiger partial charge in [0.25, 0.3) is 0 Å². The van der Waals surface area contributed by atoms with Gasteiger partial charge in [-0.25, -0.2) is 0 Å². The molecule has 0 bridgehead atoms. The summed E-state index contributed by atoms with van der Waals surface area (Å²) in [6, 6.07) is 7.06. The summed E-state index contributed by atoms with van der Waals surface area (Å²) in [7, 11) is 0. The lowest BCUT2D eigenvalue weighted by molar-refractivity contribution is -0.107. The molecular weight excluding hydrogens is 176 g/mol. The van der Waals surface area contributed by atoms with Crippen molar-refractivity contribution in [1.29, 1.82) is 5.26 Å². The highest BCUT2D eigenvalue weighted by molar-refractivity contribution is 5.67. The van der Waals surface area contributed by atoms with E-state index in [0.29, 0.717) is 17.7 Å². The molecule has 3 nitrogen and oxygen atoms in total. The van der Waals surface area contributed by atoms with Crippen molar-refractivity contribution in [2.24, 2.45) is 0 Å². The van der Waals surface area contributed by atoms with Crippen LogP contribution in [0.15, 0.2) is 24.3 Å². The number of nitrogens with two attached hydrogens (primary N) is 1. The second kappa shape index (κ2) is 4.83. The third-order valence-electron chi connectivity index (χ3n) is 1.75. The Morgan fingerprint density at radius 3 is 2.93 bits per heavy atom. The van der Waals surface area contributed by atoms with Crippen molar-refractivity contribution in [1.82, 2.24) is 0 Å². The van der Waals surface area contributed by atoms with Gasteiger partial charge in [0.05, 0.1) is 11.6 Å². The zero-order valence-electron chi connectivity index (χ0n) is 7.60. The summed E-state index contributed by atoms with van der Waals surface area (Å²) in [5, 5.41) is 8.65. The fourth-order valence-corrected chi connectivity index (χ4v) is 1.04. The molecule has 0 saturated carbocycles. The molecule has 2 N–H and O–H groups in total. The van der Waals surface area contributed by atoms with Crippen LogP contribution in [-0.2, 0) is 4.79 Å². The predicted octanol–water partition coefficient (Wildman–Crippen LogP) is 1.74. The molecule has 0 unspecified atom stereocenters. The van der Waals surface area contributed by atoms with Crippen LogP contribution in [0.1, 0.15) is 17.5 Å². The van der Waals surface area contributed by atoms with Crippen LogP contribution in [0.5, 0.6) is 0 Å². The van der Waals surface area contributed by atoms with Gasteiger partial charge in [-0.3, -0.25) is 0 Å². The Labute approximate surface area is 82.5 Å². The fraction of sp³-hybridized carbons (Fsp3) is 0.0909. The quantitative estimate of drug-likeness (QED) is 0.577. The highest BCUT2D eigenvalue weighted by Crippen LogP contribution is 2.15. The predicted molar refractivity (Wildman–Crippen MR) is 55.3 cm³/mol. The molecule has 1 aromatic rings. The Morgan fingerprint density at radius 1 is 1.50 bits per heavy atom. The van der Waals surface area contributed by atoms with Crippen molar-refractivity contribution in [2.45, 2.75) is 6.42 Å². The van der Waals surface area contributed by atoms with Gasteiger partial charge in [-0.05, 0) is 23.8 Å². The summed E-state index contributed by atoms with van der Waals surface area (Å²) >= 11 is 0. The molecule has 0 radical (unpaired) electrons. The fourth-order valence-electron chi connectivity index (χ4n) is 1.04. The summed E-state index contributed by atoms with van der Waals surface area (Å²) < 4.78 is 0. The molecule has 14 heavy (non-hydrogen) atoms. The summed E-state index contributed by atoms with van der Waals surface area (Å²) in [5.74, 6) is 0. The Balaban J connectivity index is 2.96. The third kappa shape index (κ3) is 2.46. The number of aldehydes is 1. The number of carbonyl (C=O) groups excluding carboxylic acids is 1. The number of nitrogen functional groups attached to an aromatic ring is 1. The minimum absolute atomic E-state index is 0.357. The lowest BCUT2D eigenvalue weighted by Crippen LogP contribution is -1.89. The van der Waals surface area contributed by atoms with Crippen LogP contribution >= 0.6 is 0 Å². The number of allylic oxidation sites excluding steroid dienone is 1. The molecule has 1 rings (SSSR count). The van der Waals surface area contributed by atoms with E-state index in [2.05, 4.69) is 0 Å². The molecule has 0 heterocycles. The van der Waals surface area contributed by atoms with Crippen molar-refractivity contribution < 1.29 is 4.79 Å². The number of rotatable bonds is 3. The Kier molecular flexibility index (Phi) is 3.45. The number of nitriles is 1. The van der Waals surface area contributed by atoms with Crippen LogP contribution in [-0.4, -0.2) is 6.29 Å². The zero-order valence-corrected chi connectivity index (χ0v) is 7.60. The van der Waals surface area contributed by atoms with Crippen molar-refractivity contribution >= 4 is 18.0 Å². The Hall–Kier alpha value is -2.08. The molecule has 0 aliphatic carbocycles. The third-order valence-corrected chi connectivity index (χ3v) is 1.75. The van der Waals surface area contributed by atoms with Crippen LogP contribution in [0.25, 0.3) is 6.08 Å². The first kappa shape index (κ1) is 10.0. The van der Waals surface area contributed by atoms with E-state index in [1.807, 2.05) is 6.07 Å². The van der Waals surface area contributed by atoms with E-state index in [1.165, 1.54) is 0 Å². The second-order valence-electron chi connectivity index (χ2n) is 2.76. The van der Waals surface area contributed by atoms with Gasteiger partial charge >= 0.3 is 0 Å². The van der Waals surface area contributed by atoms with E-state index < -0.39 is 0 Å². The smallest absolute Gasteiger partial charge is 0.123 e. The molecule has 0 aliphatic rings.